The molecule has 1 aromatic rings. The smallest absolute Gasteiger partial charge is 0.0931 e. The van der Waals surface area contributed by atoms with Crippen LogP contribution in [0.25, 0.3) is 0 Å². The summed E-state index contributed by atoms with van der Waals surface area (Å²) in [5.41, 5.74) is 0. The van der Waals surface area contributed by atoms with Crippen LogP contribution in [0.5, 0.6) is 0 Å². The monoisotopic (exact) mass is 231 g/mol. The number of aliphatic hydroxyl groups is 1. The summed E-state index contributed by atoms with van der Waals surface area (Å²) in [4.78, 5) is 1.16. The summed E-state index contributed by atoms with van der Waals surface area (Å²) in [6.45, 7) is 1.03. The van der Waals surface area contributed by atoms with Crippen LogP contribution >= 0.6 is 22.9 Å². The van der Waals surface area contributed by atoms with Crippen molar-refractivity contribution in [1.82, 2.24) is 5.32 Å². The van der Waals surface area contributed by atoms with E-state index in [0.29, 0.717) is 0 Å². The van der Waals surface area contributed by atoms with Crippen molar-refractivity contribution in [3.63, 3.8) is 0 Å². The third-order valence-electron chi connectivity index (χ3n) is 2.60. The average Bonchev–Trinajstić information content (AvgIpc) is 2.75. The standard InChI is InChI=1S/C10H14ClNOS/c11-10-4-3-7(14-10)6-9(13)8-2-1-5-12-8/h3-4,8-9,12-13H,1-2,5-6H2/t8-,9?/m0/s1. The van der Waals surface area contributed by atoms with Crippen molar-refractivity contribution < 1.29 is 5.11 Å². The number of aliphatic hydroxyl groups excluding tert-OH is 1. The molecule has 0 amide bonds. The molecule has 0 aliphatic carbocycles. The second-order valence-electron chi connectivity index (χ2n) is 3.68. The van der Waals surface area contributed by atoms with Gasteiger partial charge >= 0.3 is 0 Å². The Labute approximate surface area is 92.9 Å². The Kier molecular flexibility index (Phi) is 3.44. The summed E-state index contributed by atoms with van der Waals surface area (Å²) in [6, 6.07) is 4.15. The molecule has 14 heavy (non-hydrogen) atoms. The van der Waals surface area contributed by atoms with Crippen molar-refractivity contribution in [2.45, 2.75) is 31.4 Å². The summed E-state index contributed by atoms with van der Waals surface area (Å²) in [6.07, 6.45) is 2.70. The van der Waals surface area contributed by atoms with Gasteiger partial charge in [0.15, 0.2) is 0 Å². The van der Waals surface area contributed by atoms with E-state index >= 15 is 0 Å². The first-order valence-corrected chi connectivity index (χ1v) is 6.11. The molecule has 1 saturated heterocycles. The molecule has 0 radical (unpaired) electrons. The first kappa shape index (κ1) is 10.4. The Balaban J connectivity index is 1.90. The van der Waals surface area contributed by atoms with E-state index in [1.54, 1.807) is 11.3 Å². The zero-order valence-electron chi connectivity index (χ0n) is 7.87. The number of hydrogen-bond donors (Lipinski definition) is 2. The van der Waals surface area contributed by atoms with Crippen LogP contribution in [0.15, 0.2) is 12.1 Å². The molecule has 0 aromatic carbocycles. The first-order chi connectivity index (χ1) is 6.75. The maximum absolute atomic E-state index is 9.91. The van der Waals surface area contributed by atoms with Crippen LogP contribution < -0.4 is 5.32 Å². The molecule has 4 heteroatoms. The Morgan fingerprint density at radius 3 is 3.07 bits per heavy atom. The van der Waals surface area contributed by atoms with E-state index in [9.17, 15) is 5.11 Å². The summed E-state index contributed by atoms with van der Waals surface area (Å²) in [5, 5.41) is 13.2. The molecule has 2 atom stereocenters. The predicted molar refractivity (Wildman–Crippen MR) is 60.1 cm³/mol. The Morgan fingerprint density at radius 2 is 2.50 bits per heavy atom. The lowest BCUT2D eigenvalue weighted by Gasteiger charge is -2.17. The molecule has 0 spiro atoms. The SMILES string of the molecule is OC(Cc1ccc(Cl)s1)[C@@H]1CCCN1. The maximum atomic E-state index is 9.91. The van der Waals surface area contributed by atoms with Crippen LogP contribution in [0.4, 0.5) is 0 Å². The van der Waals surface area contributed by atoms with Gasteiger partial charge < -0.3 is 10.4 Å². The third-order valence-corrected chi connectivity index (χ3v) is 3.86. The van der Waals surface area contributed by atoms with Gasteiger partial charge in [0.25, 0.3) is 0 Å². The van der Waals surface area contributed by atoms with Gasteiger partial charge in [0.05, 0.1) is 10.4 Å². The summed E-state index contributed by atoms with van der Waals surface area (Å²) < 4.78 is 0.798. The van der Waals surface area contributed by atoms with Crippen LogP contribution in [0.2, 0.25) is 4.34 Å². The highest BCUT2D eigenvalue weighted by atomic mass is 35.5. The van der Waals surface area contributed by atoms with Gasteiger partial charge in [0.1, 0.15) is 0 Å². The minimum Gasteiger partial charge on any atom is -0.391 e. The molecule has 1 fully saturated rings. The van der Waals surface area contributed by atoms with Crippen molar-refractivity contribution in [2.75, 3.05) is 6.54 Å². The highest BCUT2D eigenvalue weighted by molar-refractivity contribution is 7.16. The molecule has 1 aliphatic rings. The zero-order valence-corrected chi connectivity index (χ0v) is 9.44. The summed E-state index contributed by atoms with van der Waals surface area (Å²) in [7, 11) is 0. The predicted octanol–water partition coefficient (Wildman–Crippen LogP) is 2.06. The van der Waals surface area contributed by atoms with Crippen molar-refractivity contribution in [2.24, 2.45) is 0 Å². The fraction of sp³-hybridized carbons (Fsp3) is 0.600. The van der Waals surface area contributed by atoms with Gasteiger partial charge in [-0.1, -0.05) is 11.6 Å². The Morgan fingerprint density at radius 1 is 1.64 bits per heavy atom. The first-order valence-electron chi connectivity index (χ1n) is 4.91. The molecule has 1 aliphatic heterocycles. The Bertz CT molecular complexity index is 296. The molecular formula is C10H14ClNOS. The molecule has 2 nitrogen and oxygen atoms in total. The largest absolute Gasteiger partial charge is 0.391 e. The third kappa shape index (κ3) is 2.48. The number of halogens is 1. The van der Waals surface area contributed by atoms with E-state index < -0.39 is 0 Å². The van der Waals surface area contributed by atoms with Crippen LogP contribution in [0, 0.1) is 0 Å². The van der Waals surface area contributed by atoms with Crippen LogP contribution in [-0.2, 0) is 6.42 Å². The lowest BCUT2D eigenvalue weighted by molar-refractivity contribution is 0.137. The molecule has 2 rings (SSSR count). The van der Waals surface area contributed by atoms with Gasteiger partial charge in [-0.3, -0.25) is 0 Å². The van der Waals surface area contributed by atoms with Crippen molar-refractivity contribution in [1.29, 1.82) is 0 Å². The van der Waals surface area contributed by atoms with Crippen LogP contribution in [-0.4, -0.2) is 23.8 Å². The number of rotatable bonds is 3. The van der Waals surface area contributed by atoms with E-state index in [1.165, 1.54) is 6.42 Å². The van der Waals surface area contributed by atoms with Crippen molar-refractivity contribution >= 4 is 22.9 Å². The molecule has 0 bridgehead atoms. The minimum absolute atomic E-state index is 0.271. The van der Waals surface area contributed by atoms with Gasteiger partial charge in [0.2, 0.25) is 0 Å². The number of thiophene rings is 1. The molecule has 2 heterocycles. The van der Waals surface area contributed by atoms with E-state index in [0.717, 1.165) is 28.6 Å². The van der Waals surface area contributed by atoms with Gasteiger partial charge in [-0.25, -0.2) is 0 Å². The second-order valence-corrected chi connectivity index (χ2v) is 5.48. The fourth-order valence-electron chi connectivity index (χ4n) is 1.85. The maximum Gasteiger partial charge on any atom is 0.0931 e. The highest BCUT2D eigenvalue weighted by Gasteiger charge is 2.22. The number of nitrogens with one attached hydrogen (secondary N) is 1. The van der Waals surface area contributed by atoms with Crippen LogP contribution in [0.1, 0.15) is 17.7 Å². The Hall–Kier alpha value is -0.0900. The molecule has 78 valence electrons. The van der Waals surface area contributed by atoms with Gasteiger partial charge in [-0.05, 0) is 31.5 Å². The molecule has 1 aromatic heterocycles. The minimum atomic E-state index is -0.271. The van der Waals surface area contributed by atoms with E-state index in [1.807, 2.05) is 12.1 Å². The lowest BCUT2D eigenvalue weighted by atomic mass is 10.1. The second kappa shape index (κ2) is 4.62. The molecular weight excluding hydrogens is 218 g/mol. The fourth-order valence-corrected chi connectivity index (χ4v) is 2.99. The quantitative estimate of drug-likeness (QED) is 0.835. The summed E-state index contributed by atoms with van der Waals surface area (Å²) in [5.74, 6) is 0. The zero-order chi connectivity index (χ0) is 9.97. The van der Waals surface area contributed by atoms with E-state index in [4.69, 9.17) is 11.6 Å². The average molecular weight is 232 g/mol. The lowest BCUT2D eigenvalue weighted by Crippen LogP contribution is -2.35. The van der Waals surface area contributed by atoms with Crippen LogP contribution in [0.3, 0.4) is 0 Å². The normalized spacial score (nSPS) is 24.0. The van der Waals surface area contributed by atoms with Crippen molar-refractivity contribution in [3.05, 3.63) is 21.3 Å². The summed E-state index contributed by atoms with van der Waals surface area (Å²) >= 11 is 7.38. The molecule has 1 unspecified atom stereocenters. The molecule has 2 N–H and O–H groups in total. The highest BCUT2D eigenvalue weighted by Crippen LogP contribution is 2.24. The van der Waals surface area contributed by atoms with E-state index in [-0.39, 0.29) is 12.1 Å². The van der Waals surface area contributed by atoms with Gasteiger partial charge in [0, 0.05) is 17.3 Å². The molecule has 0 saturated carbocycles. The van der Waals surface area contributed by atoms with Gasteiger partial charge in [-0.15, -0.1) is 11.3 Å². The van der Waals surface area contributed by atoms with E-state index in [2.05, 4.69) is 5.32 Å². The van der Waals surface area contributed by atoms with Gasteiger partial charge in [-0.2, -0.15) is 0 Å². The topological polar surface area (TPSA) is 32.3 Å². The van der Waals surface area contributed by atoms with Crippen molar-refractivity contribution in [3.8, 4) is 0 Å². The number of hydrogen-bond acceptors (Lipinski definition) is 3.